The highest BCUT2D eigenvalue weighted by atomic mass is 16.1. The van der Waals surface area contributed by atoms with Crippen LogP contribution >= 0.6 is 0 Å². The van der Waals surface area contributed by atoms with E-state index < -0.39 is 6.04 Å². The Labute approximate surface area is 118 Å². The average molecular weight is 264 g/mol. The molecule has 0 spiro atoms. The molecule has 0 fully saturated rings. The molecule has 2 rings (SSSR count). The minimum Gasteiger partial charge on any atom is -0.340 e. The number of amides is 1. The highest BCUT2D eigenvalue weighted by Crippen LogP contribution is 2.04. The Kier molecular flexibility index (Phi) is 4.91. The molecular formula is C17H16N2O. The second-order valence-electron chi connectivity index (χ2n) is 4.60. The van der Waals surface area contributed by atoms with Gasteiger partial charge >= 0.3 is 0 Å². The van der Waals surface area contributed by atoms with Crippen molar-refractivity contribution in [1.82, 2.24) is 5.32 Å². The molecule has 2 aromatic carbocycles. The molecule has 0 saturated carbocycles. The lowest BCUT2D eigenvalue weighted by molar-refractivity contribution is -0.120. The molecule has 0 aromatic heterocycles. The minimum atomic E-state index is -0.492. The quantitative estimate of drug-likeness (QED) is 0.902. The Hall–Kier alpha value is -2.60. The van der Waals surface area contributed by atoms with Crippen LogP contribution in [-0.2, 0) is 17.6 Å². The molecule has 1 N–H and O–H groups in total. The lowest BCUT2D eigenvalue weighted by Gasteiger charge is -2.11. The average Bonchev–Trinajstić information content (AvgIpc) is 2.48. The van der Waals surface area contributed by atoms with Gasteiger partial charge in [0.2, 0.25) is 5.91 Å². The van der Waals surface area contributed by atoms with E-state index in [0.29, 0.717) is 12.8 Å². The number of rotatable bonds is 5. The van der Waals surface area contributed by atoms with Crippen LogP contribution in [0.2, 0.25) is 0 Å². The number of carbonyl (C=O) groups is 1. The van der Waals surface area contributed by atoms with E-state index in [1.165, 1.54) is 0 Å². The maximum atomic E-state index is 11.9. The monoisotopic (exact) mass is 264 g/mol. The molecule has 0 radical (unpaired) electrons. The maximum absolute atomic E-state index is 11.9. The zero-order valence-electron chi connectivity index (χ0n) is 11.1. The summed E-state index contributed by atoms with van der Waals surface area (Å²) in [5, 5.41) is 11.9. The van der Waals surface area contributed by atoms with Crippen molar-refractivity contribution < 1.29 is 4.79 Å². The predicted molar refractivity (Wildman–Crippen MR) is 77.8 cm³/mol. The van der Waals surface area contributed by atoms with Crippen LogP contribution in [0, 0.1) is 11.3 Å². The fourth-order valence-electron chi connectivity index (χ4n) is 2.01. The van der Waals surface area contributed by atoms with Crippen molar-refractivity contribution >= 4 is 5.91 Å². The highest BCUT2D eigenvalue weighted by molar-refractivity contribution is 5.79. The normalized spacial score (nSPS) is 11.3. The van der Waals surface area contributed by atoms with Crippen molar-refractivity contribution in [2.45, 2.75) is 18.9 Å². The van der Waals surface area contributed by atoms with Gasteiger partial charge in [0.15, 0.2) is 0 Å². The first kappa shape index (κ1) is 13.8. The van der Waals surface area contributed by atoms with Gasteiger partial charge in [-0.1, -0.05) is 60.7 Å². The second kappa shape index (κ2) is 7.10. The lowest BCUT2D eigenvalue weighted by atomic mass is 10.1. The summed E-state index contributed by atoms with van der Waals surface area (Å²) >= 11 is 0. The second-order valence-corrected chi connectivity index (χ2v) is 4.60. The Bertz CT molecular complexity index is 587. The number of hydrogen-bond acceptors (Lipinski definition) is 2. The van der Waals surface area contributed by atoms with Crippen molar-refractivity contribution in [3.8, 4) is 6.07 Å². The Morgan fingerprint density at radius 1 is 1.00 bits per heavy atom. The van der Waals surface area contributed by atoms with Crippen molar-refractivity contribution in [3.05, 3.63) is 71.8 Å². The summed E-state index contributed by atoms with van der Waals surface area (Å²) in [6.07, 6.45) is 0.825. The topological polar surface area (TPSA) is 52.9 Å². The van der Waals surface area contributed by atoms with Crippen LogP contribution in [0.25, 0.3) is 0 Å². The number of benzene rings is 2. The summed E-state index contributed by atoms with van der Waals surface area (Å²) in [6, 6.07) is 20.8. The van der Waals surface area contributed by atoms with Crippen LogP contribution in [0.3, 0.4) is 0 Å². The van der Waals surface area contributed by atoms with Gasteiger partial charge in [0.25, 0.3) is 0 Å². The third-order valence-electron chi connectivity index (χ3n) is 2.98. The van der Waals surface area contributed by atoms with Gasteiger partial charge in [-0.05, 0) is 11.1 Å². The van der Waals surface area contributed by atoms with Gasteiger partial charge in [0, 0.05) is 6.42 Å². The van der Waals surface area contributed by atoms with Crippen molar-refractivity contribution in [3.63, 3.8) is 0 Å². The molecule has 3 nitrogen and oxygen atoms in total. The molecule has 100 valence electrons. The van der Waals surface area contributed by atoms with E-state index in [1.807, 2.05) is 60.7 Å². The molecule has 1 amide bonds. The fourth-order valence-corrected chi connectivity index (χ4v) is 2.01. The third kappa shape index (κ3) is 4.25. The van der Waals surface area contributed by atoms with Crippen LogP contribution in [0.4, 0.5) is 0 Å². The molecule has 0 saturated heterocycles. The Morgan fingerprint density at radius 3 is 2.10 bits per heavy atom. The van der Waals surface area contributed by atoms with Gasteiger partial charge in [-0.15, -0.1) is 0 Å². The van der Waals surface area contributed by atoms with E-state index in [9.17, 15) is 4.79 Å². The molecule has 0 aliphatic rings. The summed E-state index contributed by atoms with van der Waals surface area (Å²) in [7, 11) is 0. The predicted octanol–water partition coefficient (Wildman–Crippen LogP) is 2.48. The van der Waals surface area contributed by atoms with E-state index in [-0.39, 0.29) is 5.91 Å². The van der Waals surface area contributed by atoms with Gasteiger partial charge in [-0.25, -0.2) is 0 Å². The van der Waals surface area contributed by atoms with Crippen molar-refractivity contribution in [1.29, 1.82) is 5.26 Å². The molecule has 20 heavy (non-hydrogen) atoms. The summed E-state index contributed by atoms with van der Waals surface area (Å²) in [4.78, 5) is 11.9. The third-order valence-corrected chi connectivity index (χ3v) is 2.98. The van der Waals surface area contributed by atoms with Crippen molar-refractivity contribution in [2.24, 2.45) is 0 Å². The van der Waals surface area contributed by atoms with E-state index in [2.05, 4.69) is 11.4 Å². The zero-order valence-corrected chi connectivity index (χ0v) is 11.1. The van der Waals surface area contributed by atoms with Crippen LogP contribution in [0.1, 0.15) is 11.1 Å². The summed E-state index contributed by atoms with van der Waals surface area (Å²) in [6.45, 7) is 0. The van der Waals surface area contributed by atoms with Gasteiger partial charge in [0.05, 0.1) is 12.5 Å². The molecular weight excluding hydrogens is 248 g/mol. The van der Waals surface area contributed by atoms with Crippen LogP contribution in [0.15, 0.2) is 60.7 Å². The van der Waals surface area contributed by atoms with E-state index >= 15 is 0 Å². The highest BCUT2D eigenvalue weighted by Gasteiger charge is 2.12. The molecule has 1 atom stereocenters. The van der Waals surface area contributed by atoms with E-state index in [0.717, 1.165) is 11.1 Å². The molecule has 0 bridgehead atoms. The maximum Gasteiger partial charge on any atom is 0.225 e. The summed E-state index contributed by atoms with van der Waals surface area (Å²) < 4.78 is 0. The first-order chi connectivity index (χ1) is 9.78. The number of nitrogens with zero attached hydrogens (tertiary/aromatic N) is 1. The first-order valence-electron chi connectivity index (χ1n) is 6.55. The SMILES string of the molecule is N#C[C@H](Cc1ccccc1)NC(=O)Cc1ccccc1. The molecule has 0 aliphatic carbocycles. The smallest absolute Gasteiger partial charge is 0.225 e. The van der Waals surface area contributed by atoms with Gasteiger partial charge in [-0.3, -0.25) is 4.79 Å². The molecule has 0 unspecified atom stereocenters. The lowest BCUT2D eigenvalue weighted by Crippen LogP contribution is -2.36. The first-order valence-corrected chi connectivity index (χ1v) is 6.55. The van der Waals surface area contributed by atoms with Crippen molar-refractivity contribution in [2.75, 3.05) is 0 Å². The summed E-state index contributed by atoms with van der Waals surface area (Å²) in [5.41, 5.74) is 1.99. The Morgan fingerprint density at radius 2 is 1.55 bits per heavy atom. The fraction of sp³-hybridized carbons (Fsp3) is 0.176. The molecule has 0 heterocycles. The Balaban J connectivity index is 1.90. The minimum absolute atomic E-state index is 0.126. The number of nitrogens with one attached hydrogen (secondary N) is 1. The molecule has 3 heteroatoms. The van der Waals surface area contributed by atoms with E-state index in [1.54, 1.807) is 0 Å². The number of carbonyl (C=O) groups excluding carboxylic acids is 1. The van der Waals surface area contributed by atoms with Crippen LogP contribution in [-0.4, -0.2) is 11.9 Å². The molecule has 2 aromatic rings. The molecule has 0 aliphatic heterocycles. The van der Waals surface area contributed by atoms with E-state index in [4.69, 9.17) is 5.26 Å². The van der Waals surface area contributed by atoms with Crippen LogP contribution in [0.5, 0.6) is 0 Å². The largest absolute Gasteiger partial charge is 0.340 e. The standard InChI is InChI=1S/C17H16N2O/c18-13-16(11-14-7-3-1-4-8-14)19-17(20)12-15-9-5-2-6-10-15/h1-10,16H,11-12H2,(H,19,20)/t16-/m0/s1. The van der Waals surface area contributed by atoms with Gasteiger partial charge < -0.3 is 5.32 Å². The number of hydrogen-bond donors (Lipinski definition) is 1. The van der Waals surface area contributed by atoms with Gasteiger partial charge in [0.1, 0.15) is 6.04 Å². The zero-order chi connectivity index (χ0) is 14.2. The number of nitriles is 1. The summed E-state index contributed by atoms with van der Waals surface area (Å²) in [5.74, 6) is -0.126. The van der Waals surface area contributed by atoms with Gasteiger partial charge in [-0.2, -0.15) is 5.26 Å². The van der Waals surface area contributed by atoms with Crippen LogP contribution < -0.4 is 5.32 Å².